The molecule has 4 nitrogen and oxygen atoms in total. The molecule has 0 amide bonds. The quantitative estimate of drug-likeness (QED) is 0.122. The molecule has 0 aliphatic carbocycles. The normalized spacial score (nSPS) is 11.6. The minimum absolute atomic E-state index is 0.710. The zero-order chi connectivity index (χ0) is 74.0. The standard InChI is InChI=1S/C58H36N2S2.C46H28N2S2/c1-4-15-37(16-5-1)42-31-43(38-17-6-2-7-18-38)33-45(32-42)46-34-44(39-27-29-40(30-28-39)48-23-14-24-50-49-21-10-12-25-52(49)61-56(48)50)35-47(36-46)57-59-55(41-19-8-3-9-20-41)54-51-22-11-13-26-53(51)62-58(54)60-57;1-3-12-29(13-4-1)33-26-34(30-22-24-31(25-23-30)36-18-11-19-38-37-16-7-9-20-40(37)49-44(36)38)28-35(27-33)45-47-43(32-14-5-2-6-15-32)42-39-17-8-10-21-41(39)50-46(42)48-45/h1-36H;1-28H. The summed E-state index contributed by atoms with van der Waals surface area (Å²) in [6.45, 7) is 0. The van der Waals surface area contributed by atoms with Crippen LogP contribution in [0.1, 0.15) is 0 Å². The topological polar surface area (TPSA) is 51.6 Å². The molecule has 6 heterocycles. The van der Waals surface area contributed by atoms with Crippen LogP contribution in [0.25, 0.3) is 215 Å². The van der Waals surface area contributed by atoms with E-state index in [0.717, 1.165) is 104 Å². The molecule has 0 N–H and O–H groups in total. The predicted octanol–water partition coefficient (Wildman–Crippen LogP) is 30.4. The van der Waals surface area contributed by atoms with E-state index in [-0.39, 0.29) is 0 Å². The summed E-state index contributed by atoms with van der Waals surface area (Å²) in [7, 11) is 0. The van der Waals surface area contributed by atoms with Gasteiger partial charge >= 0.3 is 0 Å². The second-order valence-corrected chi connectivity index (χ2v) is 32.5. The van der Waals surface area contributed by atoms with Crippen LogP contribution in [-0.4, -0.2) is 19.9 Å². The van der Waals surface area contributed by atoms with Crippen LogP contribution in [0.4, 0.5) is 0 Å². The zero-order valence-corrected chi connectivity index (χ0v) is 63.6. The lowest BCUT2D eigenvalue weighted by atomic mass is 9.90. The molecule has 0 bridgehead atoms. The van der Waals surface area contributed by atoms with Crippen LogP contribution in [-0.2, 0) is 0 Å². The number of rotatable bonds is 12. The van der Waals surface area contributed by atoms with Crippen molar-refractivity contribution in [2.75, 3.05) is 0 Å². The zero-order valence-electron chi connectivity index (χ0n) is 60.4. The lowest BCUT2D eigenvalue weighted by Crippen LogP contribution is -1.95. The Labute approximate surface area is 663 Å². The molecule has 6 aromatic heterocycles. The molecule has 0 aliphatic rings. The smallest absolute Gasteiger partial charge is 0.161 e. The number of hydrogen-bond donors (Lipinski definition) is 0. The third kappa shape index (κ3) is 12.4. The number of hydrogen-bond acceptors (Lipinski definition) is 8. The van der Waals surface area contributed by atoms with Crippen LogP contribution >= 0.6 is 45.3 Å². The van der Waals surface area contributed by atoms with Crippen LogP contribution < -0.4 is 0 Å². The Bertz CT molecular complexity index is 7280. The number of fused-ring (bicyclic) bond motifs is 12. The van der Waals surface area contributed by atoms with E-state index in [2.05, 4.69) is 388 Å². The van der Waals surface area contributed by atoms with E-state index >= 15 is 0 Å². The Morgan fingerprint density at radius 3 is 0.750 bits per heavy atom. The lowest BCUT2D eigenvalue weighted by Gasteiger charge is -2.15. The number of benzene rings is 16. The van der Waals surface area contributed by atoms with Crippen molar-refractivity contribution < 1.29 is 0 Å². The van der Waals surface area contributed by atoms with Crippen molar-refractivity contribution in [1.29, 1.82) is 0 Å². The number of nitrogens with zero attached hydrogens (tertiary/aromatic N) is 4. The van der Waals surface area contributed by atoms with Crippen molar-refractivity contribution in [2.24, 2.45) is 0 Å². The highest BCUT2D eigenvalue weighted by atomic mass is 32.1. The van der Waals surface area contributed by atoms with E-state index in [1.165, 1.54) is 105 Å². The van der Waals surface area contributed by atoms with Gasteiger partial charge in [-0.05, 0) is 168 Å². The van der Waals surface area contributed by atoms with Gasteiger partial charge in [0.15, 0.2) is 11.6 Å². The van der Waals surface area contributed by atoms with E-state index in [0.29, 0.717) is 5.82 Å². The summed E-state index contributed by atoms with van der Waals surface area (Å²) < 4.78 is 7.71. The van der Waals surface area contributed by atoms with Crippen molar-refractivity contribution in [2.45, 2.75) is 0 Å². The van der Waals surface area contributed by atoms with Gasteiger partial charge in [0.1, 0.15) is 9.66 Å². The molecule has 0 fully saturated rings. The van der Waals surface area contributed by atoms with Gasteiger partial charge in [0.05, 0.1) is 11.4 Å². The second-order valence-electron chi connectivity index (χ2n) is 28.3. The number of thiophene rings is 4. The predicted molar refractivity (Wildman–Crippen MR) is 481 cm³/mol. The Kier molecular flexibility index (Phi) is 17.0. The molecule has 112 heavy (non-hydrogen) atoms. The minimum atomic E-state index is 0.710. The van der Waals surface area contributed by atoms with Crippen LogP contribution in [0.5, 0.6) is 0 Å². The van der Waals surface area contributed by atoms with Crippen LogP contribution in [0.15, 0.2) is 388 Å². The largest absolute Gasteiger partial charge is 0.227 e. The van der Waals surface area contributed by atoms with Crippen molar-refractivity contribution in [3.63, 3.8) is 0 Å². The van der Waals surface area contributed by atoms with Crippen molar-refractivity contribution in [3.05, 3.63) is 388 Å². The lowest BCUT2D eigenvalue weighted by molar-refractivity contribution is 1.24. The Morgan fingerprint density at radius 1 is 0.161 bits per heavy atom. The van der Waals surface area contributed by atoms with Gasteiger partial charge in [0.2, 0.25) is 0 Å². The molecule has 0 atom stereocenters. The highest BCUT2D eigenvalue weighted by Crippen LogP contribution is 2.47. The Balaban J connectivity index is 0.000000145. The first-order valence-corrected chi connectivity index (χ1v) is 40.9. The highest BCUT2D eigenvalue weighted by molar-refractivity contribution is 7.27. The molecule has 524 valence electrons. The summed E-state index contributed by atoms with van der Waals surface area (Å²) in [6.07, 6.45) is 0. The van der Waals surface area contributed by atoms with E-state index in [1.54, 1.807) is 22.7 Å². The molecular formula is C104H64N4S4. The maximum absolute atomic E-state index is 5.46. The Hall–Kier alpha value is -13.4. The van der Waals surface area contributed by atoms with E-state index < -0.39 is 0 Å². The average Bonchev–Trinajstić information content (AvgIpc) is 1.62. The SMILES string of the molecule is c1ccc(-c2cc(-c3ccc(-c4cccc5c4sc4ccccc45)cc3)cc(-c3nc(-c4ccccc4)c4c(n3)sc3ccccc34)c2)cc1.c1ccc(-c2cc(-c3ccccc3)cc(-c3cc(-c4ccc(-c5cccc6c5sc5ccccc56)cc4)cc(-c4nc(-c5ccccc5)c5c(n4)sc4ccccc45)c3)c2)cc1. The van der Waals surface area contributed by atoms with Crippen LogP contribution in [0.3, 0.4) is 0 Å². The highest BCUT2D eigenvalue weighted by Gasteiger charge is 2.23. The minimum Gasteiger partial charge on any atom is -0.227 e. The third-order valence-electron chi connectivity index (χ3n) is 21.4. The summed E-state index contributed by atoms with van der Waals surface area (Å²) in [5.41, 5.74) is 24.8. The Morgan fingerprint density at radius 2 is 0.411 bits per heavy atom. The van der Waals surface area contributed by atoms with Gasteiger partial charge in [-0.15, -0.1) is 45.3 Å². The van der Waals surface area contributed by atoms with E-state index in [1.807, 2.05) is 22.7 Å². The van der Waals surface area contributed by atoms with Gasteiger partial charge in [-0.3, -0.25) is 0 Å². The summed E-state index contributed by atoms with van der Waals surface area (Å²) in [5, 5.41) is 9.86. The molecule has 8 heteroatoms. The van der Waals surface area contributed by atoms with Gasteiger partial charge in [-0.1, -0.05) is 309 Å². The van der Waals surface area contributed by atoms with Crippen molar-refractivity contribution in [3.8, 4) is 134 Å². The molecule has 0 saturated heterocycles. The fourth-order valence-electron chi connectivity index (χ4n) is 15.9. The summed E-state index contributed by atoms with van der Waals surface area (Å²) in [4.78, 5) is 23.4. The van der Waals surface area contributed by atoms with Crippen LogP contribution in [0, 0.1) is 0 Å². The summed E-state index contributed by atoms with van der Waals surface area (Å²) in [6, 6.07) is 140. The van der Waals surface area contributed by atoms with E-state index in [9.17, 15) is 0 Å². The molecule has 22 aromatic rings. The fraction of sp³-hybridized carbons (Fsp3) is 0. The van der Waals surface area contributed by atoms with Gasteiger partial charge in [-0.25, -0.2) is 19.9 Å². The third-order valence-corrected chi connectivity index (χ3v) is 26.0. The molecule has 0 saturated carbocycles. The molecular weight excluding hydrogens is 1430 g/mol. The van der Waals surface area contributed by atoms with E-state index in [4.69, 9.17) is 19.9 Å². The summed E-state index contributed by atoms with van der Waals surface area (Å²) >= 11 is 7.20. The van der Waals surface area contributed by atoms with Gasteiger partial charge in [-0.2, -0.15) is 0 Å². The van der Waals surface area contributed by atoms with Gasteiger partial charge in [0, 0.05) is 93.5 Å². The molecule has 22 rings (SSSR count). The molecule has 0 spiro atoms. The maximum atomic E-state index is 5.46. The van der Waals surface area contributed by atoms with Crippen LogP contribution in [0.2, 0.25) is 0 Å². The molecule has 0 unspecified atom stereocenters. The second kappa shape index (κ2) is 28.5. The average molecular weight is 1500 g/mol. The fourth-order valence-corrected chi connectivity index (χ4v) is 20.6. The van der Waals surface area contributed by atoms with Crippen molar-refractivity contribution in [1.82, 2.24) is 19.9 Å². The maximum Gasteiger partial charge on any atom is 0.161 e. The molecule has 0 radical (unpaired) electrons. The molecule has 16 aromatic carbocycles. The number of aromatic nitrogens is 4. The first kappa shape index (κ1) is 66.7. The molecule has 0 aliphatic heterocycles. The first-order valence-electron chi connectivity index (χ1n) is 37.6. The monoisotopic (exact) mass is 1500 g/mol. The van der Waals surface area contributed by atoms with Gasteiger partial charge in [0.25, 0.3) is 0 Å². The summed E-state index contributed by atoms with van der Waals surface area (Å²) in [5.74, 6) is 1.44. The van der Waals surface area contributed by atoms with Gasteiger partial charge < -0.3 is 0 Å². The first-order chi connectivity index (χ1) is 55.5. The van der Waals surface area contributed by atoms with Crippen molar-refractivity contribution >= 4 is 126 Å².